The molecule has 0 spiro atoms. The van der Waals surface area contributed by atoms with Crippen LogP contribution in [0.2, 0.25) is 10.0 Å². The van der Waals surface area contributed by atoms with Crippen LogP contribution in [-0.4, -0.2) is 41.6 Å². The average Bonchev–Trinajstić information content (AvgIpc) is 3.08. The molecule has 8 heteroatoms. The molecule has 146 valence electrons. The summed E-state index contributed by atoms with van der Waals surface area (Å²) in [5.74, 6) is -0.411. The minimum Gasteiger partial charge on any atom is -0.468 e. The molecule has 2 aliphatic heterocycles. The first-order valence-corrected chi connectivity index (χ1v) is 9.68. The van der Waals surface area contributed by atoms with E-state index in [2.05, 4.69) is 5.32 Å². The Balaban J connectivity index is 1.79. The Morgan fingerprint density at radius 3 is 2.54 bits per heavy atom. The molecule has 0 saturated carbocycles. The van der Waals surface area contributed by atoms with E-state index in [0.717, 1.165) is 11.1 Å². The molecule has 1 amide bonds. The van der Waals surface area contributed by atoms with Gasteiger partial charge in [-0.3, -0.25) is 19.9 Å². The standard InChI is InChI=1S/C20H19Cl2N3O3/c1-28-20(27)17-18(13-3-2-4-15(22)11-13)24-10-9-16(26)25(24)19(23-17)12-5-7-14(21)8-6-12/h2-8,11,17-19,23H,9-10H2,1H3/t17-,18+,19+/m0/s1. The van der Waals surface area contributed by atoms with Crippen molar-refractivity contribution in [3.63, 3.8) is 0 Å². The number of benzene rings is 2. The number of carbonyl (C=O) groups is 2. The summed E-state index contributed by atoms with van der Waals surface area (Å²) in [7, 11) is 1.36. The number of ether oxygens (including phenoxy) is 1. The first-order chi connectivity index (χ1) is 13.5. The van der Waals surface area contributed by atoms with Crippen molar-refractivity contribution in [1.29, 1.82) is 0 Å². The molecule has 2 heterocycles. The Labute approximate surface area is 172 Å². The third-order valence-corrected chi connectivity index (χ3v) is 5.62. The Hall–Kier alpha value is -2.12. The van der Waals surface area contributed by atoms with Crippen molar-refractivity contribution >= 4 is 35.1 Å². The summed E-state index contributed by atoms with van der Waals surface area (Å²) < 4.78 is 5.06. The smallest absolute Gasteiger partial charge is 0.325 e. The summed E-state index contributed by atoms with van der Waals surface area (Å²) in [5, 5.41) is 8.11. The second-order valence-electron chi connectivity index (χ2n) is 6.77. The van der Waals surface area contributed by atoms with Crippen LogP contribution in [0.4, 0.5) is 0 Å². The molecule has 0 aromatic heterocycles. The Bertz CT molecular complexity index is 906. The molecule has 4 rings (SSSR count). The van der Waals surface area contributed by atoms with Crippen molar-refractivity contribution in [1.82, 2.24) is 15.3 Å². The van der Waals surface area contributed by atoms with Crippen LogP contribution in [0.1, 0.15) is 29.8 Å². The summed E-state index contributed by atoms with van der Waals surface area (Å²) in [4.78, 5) is 25.4. The number of rotatable bonds is 3. The second-order valence-corrected chi connectivity index (χ2v) is 7.65. The number of fused-ring (bicyclic) bond motifs is 1. The highest BCUT2D eigenvalue weighted by atomic mass is 35.5. The SMILES string of the molecule is COC(=O)[C@H]1N[C@@H](c2ccc(Cl)cc2)N2C(=O)CCN2[C@@H]1c1cccc(Cl)c1. The predicted octanol–water partition coefficient (Wildman–Crippen LogP) is 3.33. The highest BCUT2D eigenvalue weighted by Gasteiger charge is 2.50. The van der Waals surface area contributed by atoms with Crippen LogP contribution in [-0.2, 0) is 14.3 Å². The monoisotopic (exact) mass is 419 g/mol. The number of nitrogens with one attached hydrogen (secondary N) is 1. The zero-order valence-corrected chi connectivity index (χ0v) is 16.7. The van der Waals surface area contributed by atoms with Crippen LogP contribution in [0.5, 0.6) is 0 Å². The third kappa shape index (κ3) is 3.37. The fourth-order valence-corrected chi connectivity index (χ4v) is 4.23. The van der Waals surface area contributed by atoms with E-state index in [9.17, 15) is 9.59 Å². The van der Waals surface area contributed by atoms with Crippen LogP contribution < -0.4 is 5.32 Å². The maximum Gasteiger partial charge on any atom is 0.325 e. The van der Waals surface area contributed by atoms with Gasteiger partial charge in [0.05, 0.1) is 13.2 Å². The molecule has 3 atom stereocenters. The van der Waals surface area contributed by atoms with Gasteiger partial charge in [-0.05, 0) is 35.4 Å². The first-order valence-electron chi connectivity index (χ1n) is 8.93. The summed E-state index contributed by atoms with van der Waals surface area (Å²) in [6.45, 7) is 0.509. The molecule has 0 bridgehead atoms. The van der Waals surface area contributed by atoms with Gasteiger partial charge >= 0.3 is 5.97 Å². The van der Waals surface area contributed by atoms with Gasteiger partial charge in [-0.1, -0.05) is 47.5 Å². The van der Waals surface area contributed by atoms with E-state index in [4.69, 9.17) is 27.9 Å². The number of methoxy groups -OCH3 is 1. The topological polar surface area (TPSA) is 61.9 Å². The Morgan fingerprint density at radius 2 is 1.86 bits per heavy atom. The number of esters is 1. The highest BCUT2D eigenvalue weighted by Crippen LogP contribution is 2.40. The lowest BCUT2D eigenvalue weighted by Gasteiger charge is -2.48. The maximum atomic E-state index is 12.7. The second kappa shape index (κ2) is 7.72. The van der Waals surface area contributed by atoms with Gasteiger partial charge in [-0.25, -0.2) is 5.01 Å². The van der Waals surface area contributed by atoms with Gasteiger partial charge < -0.3 is 4.74 Å². The van der Waals surface area contributed by atoms with Gasteiger partial charge in [0.1, 0.15) is 12.2 Å². The van der Waals surface area contributed by atoms with Crippen LogP contribution in [0, 0.1) is 0 Å². The minimum absolute atomic E-state index is 0.0113. The van der Waals surface area contributed by atoms with Crippen molar-refractivity contribution in [2.45, 2.75) is 24.7 Å². The van der Waals surface area contributed by atoms with E-state index in [0.29, 0.717) is 23.0 Å². The van der Waals surface area contributed by atoms with E-state index >= 15 is 0 Å². The van der Waals surface area contributed by atoms with Gasteiger partial charge in [0.15, 0.2) is 0 Å². The van der Waals surface area contributed by atoms with E-state index in [1.54, 1.807) is 23.2 Å². The van der Waals surface area contributed by atoms with Crippen molar-refractivity contribution in [3.05, 3.63) is 69.7 Å². The lowest BCUT2D eigenvalue weighted by atomic mass is 9.96. The summed E-state index contributed by atoms with van der Waals surface area (Å²) in [6.07, 6.45) is -0.122. The molecule has 2 aromatic rings. The zero-order valence-electron chi connectivity index (χ0n) is 15.1. The van der Waals surface area contributed by atoms with Gasteiger partial charge in [0, 0.05) is 23.0 Å². The van der Waals surface area contributed by atoms with Gasteiger partial charge in [-0.2, -0.15) is 0 Å². The first kappa shape index (κ1) is 19.2. The van der Waals surface area contributed by atoms with Crippen molar-refractivity contribution < 1.29 is 14.3 Å². The third-order valence-electron chi connectivity index (χ3n) is 5.14. The van der Waals surface area contributed by atoms with Crippen molar-refractivity contribution in [2.75, 3.05) is 13.7 Å². The van der Waals surface area contributed by atoms with Crippen LogP contribution in [0.3, 0.4) is 0 Å². The van der Waals surface area contributed by atoms with Gasteiger partial charge in [0.2, 0.25) is 5.91 Å². The molecule has 2 aromatic carbocycles. The van der Waals surface area contributed by atoms with Crippen LogP contribution in [0.25, 0.3) is 0 Å². The molecule has 28 heavy (non-hydrogen) atoms. The number of amides is 1. The molecular weight excluding hydrogens is 401 g/mol. The molecular formula is C20H19Cl2N3O3. The van der Waals surface area contributed by atoms with Crippen LogP contribution >= 0.6 is 23.2 Å². The number of nitrogens with zero attached hydrogens (tertiary/aromatic N) is 2. The van der Waals surface area contributed by atoms with Gasteiger partial charge in [-0.15, -0.1) is 0 Å². The summed E-state index contributed by atoms with van der Waals surface area (Å²) in [6, 6.07) is 13.4. The average molecular weight is 420 g/mol. The largest absolute Gasteiger partial charge is 0.468 e. The van der Waals surface area contributed by atoms with E-state index in [-0.39, 0.29) is 5.91 Å². The van der Waals surface area contributed by atoms with E-state index in [1.165, 1.54) is 7.11 Å². The number of halogens is 2. The fourth-order valence-electron chi connectivity index (χ4n) is 3.91. The maximum absolute atomic E-state index is 12.7. The molecule has 2 fully saturated rings. The summed E-state index contributed by atoms with van der Waals surface area (Å²) in [5.41, 5.74) is 1.67. The number of hydrogen-bond acceptors (Lipinski definition) is 5. The number of hydrogen-bond donors (Lipinski definition) is 1. The van der Waals surface area contributed by atoms with E-state index < -0.39 is 24.2 Å². The minimum atomic E-state index is -0.675. The van der Waals surface area contributed by atoms with Crippen molar-refractivity contribution in [2.24, 2.45) is 0 Å². The molecule has 2 saturated heterocycles. The normalized spacial score (nSPS) is 24.9. The molecule has 1 N–H and O–H groups in total. The molecule has 2 aliphatic rings. The fraction of sp³-hybridized carbons (Fsp3) is 0.300. The zero-order chi connectivity index (χ0) is 19.8. The molecule has 0 radical (unpaired) electrons. The molecule has 6 nitrogen and oxygen atoms in total. The number of carbonyl (C=O) groups excluding carboxylic acids is 2. The molecule has 0 aliphatic carbocycles. The van der Waals surface area contributed by atoms with Gasteiger partial charge in [0.25, 0.3) is 0 Å². The lowest BCUT2D eigenvalue weighted by molar-refractivity contribution is -0.173. The van der Waals surface area contributed by atoms with E-state index in [1.807, 2.05) is 35.3 Å². The van der Waals surface area contributed by atoms with Crippen molar-refractivity contribution in [3.8, 4) is 0 Å². The quantitative estimate of drug-likeness (QED) is 0.772. The predicted molar refractivity (Wildman–Crippen MR) is 105 cm³/mol. The summed E-state index contributed by atoms with van der Waals surface area (Å²) >= 11 is 12.2. The van der Waals surface area contributed by atoms with Crippen LogP contribution in [0.15, 0.2) is 48.5 Å². The Kier molecular flexibility index (Phi) is 5.29. The molecule has 0 unspecified atom stereocenters. The number of hydrazine groups is 1. The Morgan fingerprint density at radius 1 is 1.11 bits per heavy atom. The highest BCUT2D eigenvalue weighted by molar-refractivity contribution is 6.30. The lowest BCUT2D eigenvalue weighted by Crippen LogP contribution is -2.63.